The second-order valence-corrected chi connectivity index (χ2v) is 10.8. The number of anilines is 1. The lowest BCUT2D eigenvalue weighted by Crippen LogP contribution is -2.43. The van der Waals surface area contributed by atoms with Crippen LogP contribution in [0.25, 0.3) is 0 Å². The van der Waals surface area contributed by atoms with Gasteiger partial charge in [0.2, 0.25) is 10.0 Å². The lowest BCUT2D eigenvalue weighted by molar-refractivity contribution is -0.116. The van der Waals surface area contributed by atoms with E-state index in [1.807, 2.05) is 46.0 Å². The minimum atomic E-state index is -3.70. The molecule has 2 N–H and O–H groups in total. The van der Waals surface area contributed by atoms with E-state index >= 15 is 0 Å². The van der Waals surface area contributed by atoms with Gasteiger partial charge in [0.1, 0.15) is 11.4 Å². The van der Waals surface area contributed by atoms with E-state index in [2.05, 4.69) is 27.3 Å². The van der Waals surface area contributed by atoms with Gasteiger partial charge in [-0.2, -0.15) is 5.26 Å². The van der Waals surface area contributed by atoms with Crippen molar-refractivity contribution in [2.75, 3.05) is 18.3 Å². The van der Waals surface area contributed by atoms with Gasteiger partial charge in [0, 0.05) is 12.2 Å². The van der Waals surface area contributed by atoms with Gasteiger partial charge >= 0.3 is 0 Å². The van der Waals surface area contributed by atoms with Gasteiger partial charge in [-0.3, -0.25) is 4.79 Å². The predicted octanol–water partition coefficient (Wildman–Crippen LogP) is 2.83. The Kier molecular flexibility index (Phi) is 7.15. The molecule has 0 saturated carbocycles. The van der Waals surface area contributed by atoms with E-state index in [0.29, 0.717) is 15.9 Å². The fourth-order valence-electron chi connectivity index (χ4n) is 2.89. The van der Waals surface area contributed by atoms with Crippen LogP contribution >= 0.6 is 27.7 Å². The summed E-state index contributed by atoms with van der Waals surface area (Å²) >= 11 is 4.69. The highest BCUT2D eigenvalue weighted by Gasteiger charge is 2.32. The van der Waals surface area contributed by atoms with Crippen molar-refractivity contribution in [1.82, 2.24) is 10.0 Å². The smallest absolute Gasteiger partial charge is 0.282 e. The van der Waals surface area contributed by atoms with E-state index in [1.54, 1.807) is 19.2 Å². The first-order chi connectivity index (χ1) is 14.7. The van der Waals surface area contributed by atoms with E-state index in [9.17, 15) is 13.2 Å². The van der Waals surface area contributed by atoms with Crippen molar-refractivity contribution in [3.05, 3.63) is 69.2 Å². The fraction of sp³-hybridized carbons (Fsp3) is 0.200. The van der Waals surface area contributed by atoms with E-state index in [4.69, 9.17) is 10.00 Å². The summed E-state index contributed by atoms with van der Waals surface area (Å²) < 4.78 is 30.7. The number of halogens is 1. The number of ether oxygens (including phenoxy) is 1. The van der Waals surface area contributed by atoms with Crippen molar-refractivity contribution >= 4 is 49.3 Å². The summed E-state index contributed by atoms with van der Waals surface area (Å²) in [6, 6.07) is 16.8. The van der Waals surface area contributed by atoms with Crippen molar-refractivity contribution in [2.45, 2.75) is 12.0 Å². The predicted molar refractivity (Wildman–Crippen MR) is 124 cm³/mol. The van der Waals surface area contributed by atoms with Gasteiger partial charge in [0.15, 0.2) is 5.50 Å². The Labute approximate surface area is 193 Å². The van der Waals surface area contributed by atoms with Crippen LogP contribution in [0.2, 0.25) is 0 Å². The molecule has 0 aromatic heterocycles. The van der Waals surface area contributed by atoms with Gasteiger partial charge in [0.25, 0.3) is 5.91 Å². The van der Waals surface area contributed by atoms with Crippen molar-refractivity contribution < 1.29 is 17.9 Å². The maximum atomic E-state index is 12.4. The highest BCUT2D eigenvalue weighted by atomic mass is 79.9. The summed E-state index contributed by atoms with van der Waals surface area (Å²) in [6.45, 7) is 0.467. The third kappa shape index (κ3) is 5.94. The summed E-state index contributed by atoms with van der Waals surface area (Å²) in [5.74, 6) is -0.0256. The molecule has 0 radical (unpaired) electrons. The zero-order valence-electron chi connectivity index (χ0n) is 16.6. The Morgan fingerprint density at radius 2 is 2.03 bits per heavy atom. The molecular formula is C20H19BrN4O4S2. The number of nitriles is 1. The molecule has 1 amide bonds. The molecular weight excluding hydrogens is 504 g/mol. The number of benzene rings is 2. The third-order valence-corrected chi connectivity index (χ3v) is 6.80. The average molecular weight is 523 g/mol. The van der Waals surface area contributed by atoms with Gasteiger partial charge in [-0.25, -0.2) is 13.1 Å². The largest absolute Gasteiger partial charge is 0.497 e. The van der Waals surface area contributed by atoms with E-state index < -0.39 is 21.4 Å². The van der Waals surface area contributed by atoms with Gasteiger partial charge in [-0.05, 0) is 57.9 Å². The Morgan fingerprint density at radius 3 is 2.65 bits per heavy atom. The molecule has 2 aromatic rings. The lowest BCUT2D eigenvalue weighted by atomic mass is 10.1. The van der Waals surface area contributed by atoms with Gasteiger partial charge < -0.3 is 15.0 Å². The van der Waals surface area contributed by atoms with Crippen LogP contribution < -0.4 is 19.7 Å². The second kappa shape index (κ2) is 9.64. The molecule has 1 atom stereocenters. The molecule has 31 heavy (non-hydrogen) atoms. The number of methoxy groups -OCH3 is 1. The first-order valence-corrected chi connectivity index (χ1v) is 12.5. The molecule has 162 valence electrons. The minimum absolute atomic E-state index is 0.129. The summed E-state index contributed by atoms with van der Waals surface area (Å²) in [4.78, 5) is 14.4. The molecule has 11 heteroatoms. The maximum Gasteiger partial charge on any atom is 0.282 e. The molecule has 1 heterocycles. The summed E-state index contributed by atoms with van der Waals surface area (Å²) in [5.41, 5.74) is 2.04. The van der Waals surface area contributed by atoms with Crippen LogP contribution in [0.1, 0.15) is 11.1 Å². The van der Waals surface area contributed by atoms with E-state index in [0.717, 1.165) is 23.3 Å². The lowest BCUT2D eigenvalue weighted by Gasteiger charge is -2.31. The SMILES string of the molecule is COc1cccc(CN(c2ccc(C#N)cc2)C2NC(C(=O)NS(C)(=O)=O)=C(Br)S2)c1. The molecule has 1 aliphatic heterocycles. The number of sulfonamides is 1. The van der Waals surface area contributed by atoms with Crippen molar-refractivity contribution in [2.24, 2.45) is 0 Å². The molecule has 8 nitrogen and oxygen atoms in total. The van der Waals surface area contributed by atoms with Crippen molar-refractivity contribution in [3.63, 3.8) is 0 Å². The molecule has 0 bridgehead atoms. The molecule has 0 saturated heterocycles. The van der Waals surface area contributed by atoms with Crippen LogP contribution in [-0.4, -0.2) is 33.2 Å². The van der Waals surface area contributed by atoms with Crippen LogP contribution in [0.4, 0.5) is 5.69 Å². The first kappa shape index (κ1) is 23.0. The minimum Gasteiger partial charge on any atom is -0.497 e. The first-order valence-electron chi connectivity index (χ1n) is 8.95. The Balaban J connectivity index is 1.89. The molecule has 0 aliphatic carbocycles. The number of hydrogen-bond acceptors (Lipinski definition) is 8. The van der Waals surface area contributed by atoms with Crippen LogP contribution in [-0.2, 0) is 21.4 Å². The van der Waals surface area contributed by atoms with Gasteiger partial charge in [-0.1, -0.05) is 23.9 Å². The number of nitrogens with zero attached hydrogens (tertiary/aromatic N) is 2. The van der Waals surface area contributed by atoms with Crippen molar-refractivity contribution in [3.8, 4) is 11.8 Å². The average Bonchev–Trinajstić information content (AvgIpc) is 3.12. The Hall–Kier alpha value is -2.68. The number of rotatable bonds is 7. The Morgan fingerprint density at radius 1 is 1.32 bits per heavy atom. The highest BCUT2D eigenvalue weighted by Crippen LogP contribution is 2.39. The fourth-order valence-corrected chi connectivity index (χ4v) is 5.12. The van der Waals surface area contributed by atoms with Gasteiger partial charge in [-0.15, -0.1) is 0 Å². The van der Waals surface area contributed by atoms with Crippen LogP contribution in [0, 0.1) is 11.3 Å². The standard InChI is InChI=1S/C20H19BrN4O4S2/c1-29-16-5-3-4-14(10-16)12-25(15-8-6-13(11-22)7-9-15)20-23-17(18(21)30-20)19(26)24-31(2,27)28/h3-10,20,23H,12H2,1-2H3,(H,24,26). The highest BCUT2D eigenvalue weighted by molar-refractivity contribution is 9.14. The maximum absolute atomic E-state index is 12.4. The summed E-state index contributed by atoms with van der Waals surface area (Å²) in [7, 11) is -2.10. The summed E-state index contributed by atoms with van der Waals surface area (Å²) in [6.07, 6.45) is 0.921. The molecule has 1 aliphatic rings. The van der Waals surface area contributed by atoms with Crippen molar-refractivity contribution in [1.29, 1.82) is 5.26 Å². The molecule has 0 fully saturated rings. The zero-order chi connectivity index (χ0) is 22.6. The normalized spacial score (nSPS) is 15.7. The monoisotopic (exact) mass is 522 g/mol. The topological polar surface area (TPSA) is 112 Å². The molecule has 3 rings (SSSR count). The number of carbonyl (C=O) groups excluding carboxylic acids is 1. The van der Waals surface area contributed by atoms with Crippen LogP contribution in [0.15, 0.2) is 58.0 Å². The summed E-state index contributed by atoms with van der Waals surface area (Å²) in [5, 5.41) is 12.2. The zero-order valence-corrected chi connectivity index (χ0v) is 19.8. The second-order valence-electron chi connectivity index (χ2n) is 6.60. The quantitative estimate of drug-likeness (QED) is 0.570. The number of thioether (sulfide) groups is 1. The van der Waals surface area contributed by atoms with Crippen LogP contribution in [0.5, 0.6) is 5.75 Å². The number of amides is 1. The van der Waals surface area contributed by atoms with Gasteiger partial charge in [0.05, 0.1) is 28.8 Å². The Bertz CT molecular complexity index is 1160. The van der Waals surface area contributed by atoms with Crippen LogP contribution in [0.3, 0.4) is 0 Å². The third-order valence-electron chi connectivity index (χ3n) is 4.28. The van der Waals surface area contributed by atoms with E-state index in [1.165, 1.54) is 11.8 Å². The number of carbonyl (C=O) groups is 1. The van der Waals surface area contributed by atoms with E-state index in [-0.39, 0.29) is 5.70 Å². The molecule has 2 aromatic carbocycles. The molecule has 1 unspecified atom stereocenters. The molecule has 0 spiro atoms. The number of nitrogens with one attached hydrogen (secondary N) is 2. The number of hydrogen-bond donors (Lipinski definition) is 2.